The summed E-state index contributed by atoms with van der Waals surface area (Å²) in [5, 5.41) is 9.27. The molecule has 1 N–H and O–H groups in total. The van der Waals surface area contributed by atoms with Gasteiger partial charge in [-0.3, -0.25) is 0 Å². The molecular weight excluding hydrogens is 258 g/mol. The van der Waals surface area contributed by atoms with Crippen molar-refractivity contribution in [1.29, 1.82) is 0 Å². The molecule has 15 heavy (non-hydrogen) atoms. The molecule has 0 spiro atoms. The Balaban J connectivity index is 2.27. The Kier molecular flexibility index (Phi) is 3.61. The Morgan fingerprint density at radius 3 is 2.73 bits per heavy atom. The van der Waals surface area contributed by atoms with Gasteiger partial charge in [-0.25, -0.2) is 0 Å². The highest BCUT2D eigenvalue weighted by atomic mass is 79.9. The molecule has 0 radical (unpaired) electrons. The van der Waals surface area contributed by atoms with Crippen molar-refractivity contribution in [1.82, 2.24) is 0 Å². The molecule has 82 valence electrons. The van der Waals surface area contributed by atoms with Crippen LogP contribution in [-0.4, -0.2) is 31.4 Å². The summed E-state index contributed by atoms with van der Waals surface area (Å²) in [7, 11) is 0. The Morgan fingerprint density at radius 2 is 2.07 bits per heavy atom. The molecule has 0 amide bonds. The van der Waals surface area contributed by atoms with Crippen LogP contribution >= 0.6 is 15.9 Å². The van der Waals surface area contributed by atoms with Crippen molar-refractivity contribution in [2.75, 3.05) is 31.2 Å². The molecule has 1 aromatic rings. The molecular formula is C11H14BrNO2. The maximum Gasteiger partial charge on any atom is 0.0702 e. The number of ether oxygens (including phenoxy) is 1. The minimum absolute atomic E-state index is 0.0833. The molecule has 0 atom stereocenters. The Hall–Kier alpha value is -0.580. The number of halogens is 1. The van der Waals surface area contributed by atoms with E-state index in [0.29, 0.717) is 0 Å². The van der Waals surface area contributed by atoms with Gasteiger partial charge in [-0.1, -0.05) is 22.0 Å². The summed E-state index contributed by atoms with van der Waals surface area (Å²) in [6, 6.07) is 5.96. The highest BCUT2D eigenvalue weighted by molar-refractivity contribution is 9.10. The van der Waals surface area contributed by atoms with Crippen molar-refractivity contribution in [2.45, 2.75) is 6.61 Å². The van der Waals surface area contributed by atoms with E-state index in [4.69, 9.17) is 4.74 Å². The molecule has 1 heterocycles. The first-order valence-electron chi connectivity index (χ1n) is 5.03. The van der Waals surface area contributed by atoms with E-state index in [1.165, 1.54) is 0 Å². The van der Waals surface area contributed by atoms with Crippen LogP contribution in [0.5, 0.6) is 0 Å². The second-order valence-corrected chi connectivity index (χ2v) is 4.45. The van der Waals surface area contributed by atoms with E-state index in [1.807, 2.05) is 12.1 Å². The van der Waals surface area contributed by atoms with Crippen LogP contribution in [0.15, 0.2) is 22.7 Å². The number of benzene rings is 1. The van der Waals surface area contributed by atoms with Gasteiger partial charge in [0, 0.05) is 28.8 Å². The number of anilines is 1. The second-order valence-electron chi connectivity index (χ2n) is 3.53. The summed E-state index contributed by atoms with van der Waals surface area (Å²) in [5.74, 6) is 0. The third-order valence-electron chi connectivity index (χ3n) is 2.57. The molecule has 3 nitrogen and oxygen atoms in total. The number of hydrogen-bond acceptors (Lipinski definition) is 3. The summed E-state index contributed by atoms with van der Waals surface area (Å²) in [6.45, 7) is 3.39. The molecule has 1 aromatic carbocycles. The number of rotatable bonds is 2. The average molecular weight is 272 g/mol. The van der Waals surface area contributed by atoms with Crippen molar-refractivity contribution in [3.8, 4) is 0 Å². The first-order valence-corrected chi connectivity index (χ1v) is 5.82. The minimum Gasteiger partial charge on any atom is -0.392 e. The van der Waals surface area contributed by atoms with Crippen molar-refractivity contribution < 1.29 is 9.84 Å². The van der Waals surface area contributed by atoms with E-state index >= 15 is 0 Å². The molecule has 1 saturated heterocycles. The smallest absolute Gasteiger partial charge is 0.0702 e. The third kappa shape index (κ3) is 2.51. The molecule has 4 heteroatoms. The monoisotopic (exact) mass is 271 g/mol. The molecule has 0 aromatic heterocycles. The van der Waals surface area contributed by atoms with Gasteiger partial charge in [-0.05, 0) is 12.1 Å². The van der Waals surface area contributed by atoms with Crippen molar-refractivity contribution in [2.24, 2.45) is 0 Å². The van der Waals surface area contributed by atoms with Crippen molar-refractivity contribution in [3.63, 3.8) is 0 Å². The zero-order chi connectivity index (χ0) is 10.7. The molecule has 0 saturated carbocycles. The predicted molar refractivity (Wildman–Crippen MR) is 63.1 cm³/mol. The molecule has 0 bridgehead atoms. The van der Waals surface area contributed by atoms with Crippen LogP contribution in [0.25, 0.3) is 0 Å². The second kappa shape index (κ2) is 4.96. The van der Waals surface area contributed by atoms with E-state index in [1.54, 1.807) is 0 Å². The predicted octanol–water partition coefficient (Wildman–Crippen LogP) is 1.78. The summed E-state index contributed by atoms with van der Waals surface area (Å²) >= 11 is 3.45. The van der Waals surface area contributed by atoms with Gasteiger partial charge in [-0.2, -0.15) is 0 Å². The fourth-order valence-electron chi connectivity index (χ4n) is 1.77. The van der Waals surface area contributed by atoms with E-state index in [0.717, 1.165) is 42.0 Å². The topological polar surface area (TPSA) is 32.7 Å². The van der Waals surface area contributed by atoms with E-state index < -0.39 is 0 Å². The largest absolute Gasteiger partial charge is 0.392 e. The first kappa shape index (κ1) is 10.9. The van der Waals surface area contributed by atoms with Gasteiger partial charge >= 0.3 is 0 Å². The van der Waals surface area contributed by atoms with Gasteiger partial charge in [0.25, 0.3) is 0 Å². The third-order valence-corrected chi connectivity index (χ3v) is 3.06. The summed E-state index contributed by atoms with van der Waals surface area (Å²) in [6.07, 6.45) is 0. The number of hydrogen-bond donors (Lipinski definition) is 1. The maximum absolute atomic E-state index is 9.27. The van der Waals surface area contributed by atoms with Gasteiger partial charge in [0.2, 0.25) is 0 Å². The highest BCUT2D eigenvalue weighted by Crippen LogP contribution is 2.25. The minimum atomic E-state index is 0.0833. The summed E-state index contributed by atoms with van der Waals surface area (Å²) in [4.78, 5) is 2.25. The molecule has 2 rings (SSSR count). The SMILES string of the molecule is OCc1ccc(Br)cc1N1CCOCC1. The van der Waals surface area contributed by atoms with Gasteiger partial charge < -0.3 is 14.7 Å². The molecule has 0 unspecified atom stereocenters. The zero-order valence-electron chi connectivity index (χ0n) is 8.45. The zero-order valence-corrected chi connectivity index (χ0v) is 10.0. The van der Waals surface area contributed by atoms with Crippen LogP contribution in [0.3, 0.4) is 0 Å². The van der Waals surface area contributed by atoms with E-state index in [9.17, 15) is 5.11 Å². The summed E-state index contributed by atoms with van der Waals surface area (Å²) in [5.41, 5.74) is 2.08. The number of morpholine rings is 1. The summed E-state index contributed by atoms with van der Waals surface area (Å²) < 4.78 is 6.35. The van der Waals surface area contributed by atoms with Crippen LogP contribution in [0.2, 0.25) is 0 Å². The lowest BCUT2D eigenvalue weighted by molar-refractivity contribution is 0.122. The highest BCUT2D eigenvalue weighted by Gasteiger charge is 2.14. The van der Waals surface area contributed by atoms with Crippen LogP contribution in [0, 0.1) is 0 Å². The fraction of sp³-hybridized carbons (Fsp3) is 0.455. The standard InChI is InChI=1S/C11H14BrNO2/c12-10-2-1-9(8-14)11(7-10)13-3-5-15-6-4-13/h1-2,7,14H,3-6,8H2. The van der Waals surface area contributed by atoms with E-state index in [-0.39, 0.29) is 6.61 Å². The Morgan fingerprint density at radius 1 is 1.33 bits per heavy atom. The number of aliphatic hydroxyl groups excluding tert-OH is 1. The van der Waals surface area contributed by atoms with Crippen LogP contribution in [0.1, 0.15) is 5.56 Å². The van der Waals surface area contributed by atoms with Gasteiger partial charge in [0.15, 0.2) is 0 Å². The van der Waals surface area contributed by atoms with Crippen LogP contribution < -0.4 is 4.90 Å². The normalized spacial score (nSPS) is 16.8. The maximum atomic E-state index is 9.27. The fourth-order valence-corrected chi connectivity index (χ4v) is 2.12. The van der Waals surface area contributed by atoms with Crippen molar-refractivity contribution in [3.05, 3.63) is 28.2 Å². The Labute approximate surface area is 97.8 Å². The van der Waals surface area contributed by atoms with Crippen LogP contribution in [-0.2, 0) is 11.3 Å². The number of aliphatic hydroxyl groups is 1. The van der Waals surface area contributed by atoms with Gasteiger partial charge in [0.1, 0.15) is 0 Å². The van der Waals surface area contributed by atoms with E-state index in [2.05, 4.69) is 26.9 Å². The average Bonchev–Trinajstić information content (AvgIpc) is 2.30. The van der Waals surface area contributed by atoms with Crippen LogP contribution in [0.4, 0.5) is 5.69 Å². The molecule has 1 aliphatic rings. The van der Waals surface area contributed by atoms with Crippen molar-refractivity contribution >= 4 is 21.6 Å². The molecule has 1 aliphatic heterocycles. The quantitative estimate of drug-likeness (QED) is 0.890. The Bertz CT molecular complexity index is 337. The van der Waals surface area contributed by atoms with Gasteiger partial charge in [0.05, 0.1) is 19.8 Å². The lowest BCUT2D eigenvalue weighted by atomic mass is 10.1. The lowest BCUT2D eigenvalue weighted by Gasteiger charge is -2.30. The first-order chi connectivity index (χ1) is 7.31. The lowest BCUT2D eigenvalue weighted by Crippen LogP contribution is -2.36. The molecule has 0 aliphatic carbocycles. The van der Waals surface area contributed by atoms with Gasteiger partial charge in [-0.15, -0.1) is 0 Å². The molecule has 1 fully saturated rings. The number of nitrogens with zero attached hydrogens (tertiary/aromatic N) is 1.